The molecule has 4 rings (SSSR count). The predicted octanol–water partition coefficient (Wildman–Crippen LogP) is 5.05. The summed E-state index contributed by atoms with van der Waals surface area (Å²) in [7, 11) is 0. The lowest BCUT2D eigenvalue weighted by molar-refractivity contribution is 0.0363. The lowest BCUT2D eigenvalue weighted by Crippen LogP contribution is -2.39. The Balaban J connectivity index is 1.71. The third-order valence-electron chi connectivity index (χ3n) is 5.25. The smallest absolute Gasteiger partial charge is 0.190 e. The molecule has 4 nitrogen and oxygen atoms in total. The van der Waals surface area contributed by atoms with Gasteiger partial charge in [-0.1, -0.05) is 41.4 Å². The third kappa shape index (κ3) is 4.98. The number of aromatic nitrogens is 1. The van der Waals surface area contributed by atoms with Crippen LogP contribution in [0.4, 0.5) is 5.69 Å². The fourth-order valence-corrected chi connectivity index (χ4v) is 4.66. The van der Waals surface area contributed by atoms with Crippen molar-refractivity contribution in [1.82, 2.24) is 9.47 Å². The van der Waals surface area contributed by atoms with Gasteiger partial charge < -0.3 is 9.30 Å². The van der Waals surface area contributed by atoms with Crippen molar-refractivity contribution in [3.05, 3.63) is 68.8 Å². The van der Waals surface area contributed by atoms with Crippen molar-refractivity contribution < 1.29 is 4.74 Å². The van der Waals surface area contributed by atoms with Crippen molar-refractivity contribution in [2.24, 2.45) is 4.99 Å². The summed E-state index contributed by atoms with van der Waals surface area (Å²) in [6.45, 7) is 9.73. The van der Waals surface area contributed by atoms with Crippen molar-refractivity contribution in [3.63, 3.8) is 0 Å². The Kier molecular flexibility index (Phi) is 6.50. The molecule has 1 fully saturated rings. The molecule has 1 aliphatic rings. The molecular weight excluding hydrogens is 402 g/mol. The lowest BCUT2D eigenvalue weighted by Gasteiger charge is -2.26. The minimum absolute atomic E-state index is 0.754. The Morgan fingerprint density at radius 1 is 1.03 bits per heavy atom. The third-order valence-corrected chi connectivity index (χ3v) is 6.37. The summed E-state index contributed by atoms with van der Waals surface area (Å²) in [6, 6.07) is 14.5. The van der Waals surface area contributed by atoms with Crippen LogP contribution in [-0.2, 0) is 11.3 Å². The van der Waals surface area contributed by atoms with E-state index in [1.54, 1.807) is 11.3 Å². The Morgan fingerprint density at radius 2 is 1.79 bits per heavy atom. The highest BCUT2D eigenvalue weighted by Crippen LogP contribution is 2.24. The highest BCUT2D eigenvalue weighted by molar-refractivity contribution is 7.07. The fourth-order valence-electron chi connectivity index (χ4n) is 3.59. The van der Waals surface area contributed by atoms with E-state index in [2.05, 4.69) is 59.0 Å². The van der Waals surface area contributed by atoms with E-state index in [1.165, 1.54) is 16.8 Å². The summed E-state index contributed by atoms with van der Waals surface area (Å²) in [6.07, 6.45) is 0. The van der Waals surface area contributed by atoms with Crippen molar-refractivity contribution >= 4 is 28.6 Å². The molecule has 3 aromatic rings. The van der Waals surface area contributed by atoms with Crippen LogP contribution >= 0.6 is 22.9 Å². The second-order valence-electron chi connectivity index (χ2n) is 7.42. The van der Waals surface area contributed by atoms with Gasteiger partial charge in [-0.25, -0.2) is 4.99 Å². The van der Waals surface area contributed by atoms with Crippen LogP contribution < -0.4 is 4.80 Å². The minimum atomic E-state index is 0.754. The van der Waals surface area contributed by atoms with Gasteiger partial charge in [0.2, 0.25) is 0 Å². The van der Waals surface area contributed by atoms with Crippen LogP contribution in [0.15, 0.2) is 52.8 Å². The summed E-state index contributed by atoms with van der Waals surface area (Å²) in [5.74, 6) is 0. The first-order valence-electron chi connectivity index (χ1n) is 9.96. The number of morpholine rings is 1. The standard InChI is InChI=1S/C23H26ClN3OS/c1-17-3-8-21(18(2)15-17)25-23-27(10-9-26-11-13-28-14-12-26)22(16-29-23)19-4-6-20(24)7-5-19/h3-8,15-16H,9-14H2,1-2H3. The van der Waals surface area contributed by atoms with E-state index >= 15 is 0 Å². The lowest BCUT2D eigenvalue weighted by atomic mass is 10.1. The maximum Gasteiger partial charge on any atom is 0.190 e. The molecule has 0 atom stereocenters. The molecule has 2 aromatic carbocycles. The van der Waals surface area contributed by atoms with Crippen LogP contribution in [0.5, 0.6) is 0 Å². The topological polar surface area (TPSA) is 29.8 Å². The van der Waals surface area contributed by atoms with E-state index < -0.39 is 0 Å². The van der Waals surface area contributed by atoms with Gasteiger partial charge in [-0.2, -0.15) is 0 Å². The summed E-state index contributed by atoms with van der Waals surface area (Å²) < 4.78 is 7.83. The molecule has 29 heavy (non-hydrogen) atoms. The molecule has 0 aliphatic carbocycles. The number of rotatable bonds is 5. The highest BCUT2D eigenvalue weighted by atomic mass is 35.5. The average Bonchev–Trinajstić information content (AvgIpc) is 3.12. The second kappa shape index (κ2) is 9.26. The number of ether oxygens (including phenoxy) is 1. The van der Waals surface area contributed by atoms with E-state index in [0.29, 0.717) is 0 Å². The van der Waals surface area contributed by atoms with Crippen LogP contribution in [0.25, 0.3) is 11.3 Å². The Morgan fingerprint density at radius 3 is 2.52 bits per heavy atom. The zero-order chi connectivity index (χ0) is 20.2. The first-order chi connectivity index (χ1) is 14.1. The maximum absolute atomic E-state index is 6.10. The van der Waals surface area contributed by atoms with E-state index in [-0.39, 0.29) is 0 Å². The van der Waals surface area contributed by atoms with Gasteiger partial charge >= 0.3 is 0 Å². The number of aryl methyl sites for hydroxylation is 2. The van der Waals surface area contributed by atoms with Gasteiger partial charge in [-0.3, -0.25) is 4.90 Å². The average molecular weight is 428 g/mol. The zero-order valence-electron chi connectivity index (χ0n) is 16.9. The molecule has 1 aliphatic heterocycles. The highest BCUT2D eigenvalue weighted by Gasteiger charge is 2.13. The van der Waals surface area contributed by atoms with E-state index in [4.69, 9.17) is 21.3 Å². The summed E-state index contributed by atoms with van der Waals surface area (Å²) >= 11 is 7.79. The Labute approximate surface area is 181 Å². The van der Waals surface area contributed by atoms with Crippen LogP contribution in [0.3, 0.4) is 0 Å². The molecule has 0 N–H and O–H groups in total. The molecular formula is C23H26ClN3OS. The first-order valence-corrected chi connectivity index (χ1v) is 11.2. The number of halogens is 1. The molecule has 0 amide bonds. The van der Waals surface area contributed by atoms with Crippen LogP contribution in [0.1, 0.15) is 11.1 Å². The number of hydrogen-bond donors (Lipinski definition) is 0. The normalized spacial score (nSPS) is 15.8. The maximum atomic E-state index is 6.10. The molecule has 0 unspecified atom stereocenters. The number of thiazole rings is 1. The summed E-state index contributed by atoms with van der Waals surface area (Å²) in [5, 5.41) is 2.95. The quantitative estimate of drug-likeness (QED) is 0.570. The number of nitrogens with zero attached hydrogens (tertiary/aromatic N) is 3. The van der Waals surface area contributed by atoms with E-state index in [1.807, 2.05) is 12.1 Å². The molecule has 152 valence electrons. The minimum Gasteiger partial charge on any atom is -0.379 e. The number of benzene rings is 2. The largest absolute Gasteiger partial charge is 0.379 e. The molecule has 1 saturated heterocycles. The molecule has 0 bridgehead atoms. The van der Waals surface area contributed by atoms with E-state index in [0.717, 1.165) is 60.5 Å². The van der Waals surface area contributed by atoms with Crippen molar-refractivity contribution in [2.75, 3.05) is 32.8 Å². The molecule has 0 radical (unpaired) electrons. The zero-order valence-corrected chi connectivity index (χ0v) is 18.5. The second-order valence-corrected chi connectivity index (χ2v) is 8.69. The van der Waals surface area contributed by atoms with Gasteiger partial charge in [0, 0.05) is 36.6 Å². The van der Waals surface area contributed by atoms with Crippen molar-refractivity contribution in [3.8, 4) is 11.3 Å². The van der Waals surface area contributed by atoms with Crippen molar-refractivity contribution in [1.29, 1.82) is 0 Å². The summed E-state index contributed by atoms with van der Waals surface area (Å²) in [5.41, 5.74) is 5.83. The van der Waals surface area contributed by atoms with Crippen LogP contribution in [-0.4, -0.2) is 42.3 Å². The van der Waals surface area contributed by atoms with Gasteiger partial charge in [0.05, 0.1) is 24.6 Å². The fraction of sp³-hybridized carbons (Fsp3) is 0.348. The van der Waals surface area contributed by atoms with Crippen LogP contribution in [0, 0.1) is 13.8 Å². The molecule has 2 heterocycles. The van der Waals surface area contributed by atoms with Gasteiger partial charge in [0.15, 0.2) is 4.80 Å². The monoisotopic (exact) mass is 427 g/mol. The van der Waals surface area contributed by atoms with Gasteiger partial charge in [-0.05, 0) is 43.2 Å². The van der Waals surface area contributed by atoms with Gasteiger partial charge in [0.1, 0.15) is 0 Å². The molecule has 0 saturated carbocycles. The Bertz CT molecular complexity index is 1030. The number of hydrogen-bond acceptors (Lipinski definition) is 4. The molecule has 1 aromatic heterocycles. The Hall–Kier alpha value is -1.92. The predicted molar refractivity (Wildman–Crippen MR) is 121 cm³/mol. The van der Waals surface area contributed by atoms with Gasteiger partial charge in [0.25, 0.3) is 0 Å². The molecule has 0 spiro atoms. The first kappa shape index (κ1) is 20.4. The van der Waals surface area contributed by atoms with Crippen LogP contribution in [0.2, 0.25) is 5.02 Å². The van der Waals surface area contributed by atoms with E-state index in [9.17, 15) is 0 Å². The van der Waals surface area contributed by atoms with Gasteiger partial charge in [-0.15, -0.1) is 11.3 Å². The summed E-state index contributed by atoms with van der Waals surface area (Å²) in [4.78, 5) is 8.50. The van der Waals surface area contributed by atoms with Crippen molar-refractivity contribution in [2.45, 2.75) is 20.4 Å². The molecule has 6 heteroatoms. The SMILES string of the molecule is Cc1ccc(N=c2scc(-c3ccc(Cl)cc3)n2CCN2CCOCC2)c(C)c1.